The number of hydrogen-bond acceptors (Lipinski definition) is 4. The van der Waals surface area contributed by atoms with Gasteiger partial charge in [-0.15, -0.1) is 0 Å². The fourth-order valence-corrected chi connectivity index (χ4v) is 3.47. The molecule has 0 radical (unpaired) electrons. The van der Waals surface area contributed by atoms with Crippen molar-refractivity contribution < 1.29 is 18.6 Å². The molecule has 6 heteroatoms. The van der Waals surface area contributed by atoms with Crippen LogP contribution in [0.25, 0.3) is 0 Å². The normalized spacial score (nSPS) is 10.7. The van der Waals surface area contributed by atoms with E-state index in [1.165, 1.54) is 11.6 Å². The first-order valence-electron chi connectivity index (χ1n) is 9.67. The topological polar surface area (TPSA) is 39.7 Å². The minimum Gasteiger partial charge on any atom is -0.497 e. The van der Waals surface area contributed by atoms with Gasteiger partial charge in [0.25, 0.3) is 0 Å². The zero-order valence-electron chi connectivity index (χ0n) is 17.1. The molecule has 3 aromatic carbocycles. The molecule has 0 atom stereocenters. The van der Waals surface area contributed by atoms with Crippen molar-refractivity contribution in [2.45, 2.75) is 19.6 Å². The van der Waals surface area contributed by atoms with Gasteiger partial charge in [0.1, 0.15) is 18.2 Å². The molecular formula is C24H25BrFNO3. The van der Waals surface area contributed by atoms with Crippen molar-refractivity contribution in [2.75, 3.05) is 20.8 Å². The van der Waals surface area contributed by atoms with Gasteiger partial charge in [0.05, 0.1) is 14.2 Å². The lowest BCUT2D eigenvalue weighted by molar-refractivity contribution is 0.279. The van der Waals surface area contributed by atoms with Crippen LogP contribution in [0, 0.1) is 5.82 Å². The van der Waals surface area contributed by atoms with Gasteiger partial charge in [0, 0.05) is 16.6 Å². The van der Waals surface area contributed by atoms with Gasteiger partial charge in [-0.3, -0.25) is 0 Å². The van der Waals surface area contributed by atoms with Crippen LogP contribution in [0.3, 0.4) is 0 Å². The van der Waals surface area contributed by atoms with E-state index in [0.29, 0.717) is 23.6 Å². The number of hydrogen-bond donors (Lipinski definition) is 1. The molecule has 0 aliphatic carbocycles. The smallest absolute Gasteiger partial charge is 0.162 e. The SMILES string of the molecule is COc1ccc(CCNCc2cc(OC)c(OCc3ccccc3F)cc2Br)cc1. The number of rotatable bonds is 10. The Morgan fingerprint density at radius 3 is 2.37 bits per heavy atom. The molecule has 0 unspecified atom stereocenters. The summed E-state index contributed by atoms with van der Waals surface area (Å²) in [5.74, 6) is 1.75. The lowest BCUT2D eigenvalue weighted by Crippen LogP contribution is -2.17. The van der Waals surface area contributed by atoms with Gasteiger partial charge in [-0.2, -0.15) is 0 Å². The summed E-state index contributed by atoms with van der Waals surface area (Å²) >= 11 is 3.60. The second-order valence-electron chi connectivity index (χ2n) is 6.75. The molecule has 0 heterocycles. The number of benzene rings is 3. The molecule has 0 bridgehead atoms. The predicted molar refractivity (Wildman–Crippen MR) is 120 cm³/mol. The number of halogens is 2. The lowest BCUT2D eigenvalue weighted by atomic mass is 10.1. The highest BCUT2D eigenvalue weighted by Crippen LogP contribution is 2.34. The molecule has 3 rings (SSSR count). The van der Waals surface area contributed by atoms with Crippen LogP contribution in [0.1, 0.15) is 16.7 Å². The Morgan fingerprint density at radius 2 is 1.67 bits per heavy atom. The van der Waals surface area contributed by atoms with Crippen LogP contribution < -0.4 is 19.5 Å². The summed E-state index contributed by atoms with van der Waals surface area (Å²) in [6, 6.07) is 18.4. The maximum atomic E-state index is 13.8. The molecule has 0 spiro atoms. The fourth-order valence-electron chi connectivity index (χ4n) is 3.00. The summed E-state index contributed by atoms with van der Waals surface area (Å²) < 4.78 is 31.2. The molecule has 0 aliphatic heterocycles. The van der Waals surface area contributed by atoms with Crippen molar-refractivity contribution >= 4 is 15.9 Å². The number of nitrogens with one attached hydrogen (secondary N) is 1. The number of ether oxygens (including phenoxy) is 3. The first-order chi connectivity index (χ1) is 14.6. The van der Waals surface area contributed by atoms with E-state index < -0.39 is 0 Å². The second kappa shape index (κ2) is 11.0. The Kier molecular flexibility index (Phi) is 8.11. The van der Waals surface area contributed by atoms with E-state index in [-0.39, 0.29) is 12.4 Å². The molecule has 0 amide bonds. The van der Waals surface area contributed by atoms with E-state index >= 15 is 0 Å². The van der Waals surface area contributed by atoms with Crippen LogP contribution in [-0.4, -0.2) is 20.8 Å². The van der Waals surface area contributed by atoms with Crippen molar-refractivity contribution in [3.05, 3.63) is 87.6 Å². The zero-order valence-corrected chi connectivity index (χ0v) is 18.7. The van der Waals surface area contributed by atoms with Crippen molar-refractivity contribution in [3.63, 3.8) is 0 Å². The Balaban J connectivity index is 1.57. The van der Waals surface area contributed by atoms with E-state index in [1.54, 1.807) is 32.4 Å². The van der Waals surface area contributed by atoms with E-state index in [0.717, 1.165) is 28.8 Å². The van der Waals surface area contributed by atoms with Crippen molar-refractivity contribution in [1.29, 1.82) is 0 Å². The van der Waals surface area contributed by atoms with E-state index in [2.05, 4.69) is 33.4 Å². The average molecular weight is 474 g/mol. The molecule has 30 heavy (non-hydrogen) atoms. The van der Waals surface area contributed by atoms with Crippen molar-refractivity contribution in [3.8, 4) is 17.2 Å². The molecule has 4 nitrogen and oxygen atoms in total. The first-order valence-corrected chi connectivity index (χ1v) is 10.5. The average Bonchev–Trinajstić information content (AvgIpc) is 2.77. The highest BCUT2D eigenvalue weighted by atomic mass is 79.9. The van der Waals surface area contributed by atoms with Gasteiger partial charge < -0.3 is 19.5 Å². The van der Waals surface area contributed by atoms with Crippen LogP contribution in [0.15, 0.2) is 65.1 Å². The van der Waals surface area contributed by atoms with Crippen LogP contribution in [0.2, 0.25) is 0 Å². The molecule has 0 fully saturated rings. The first kappa shape index (κ1) is 22.1. The fraction of sp³-hybridized carbons (Fsp3) is 0.250. The maximum Gasteiger partial charge on any atom is 0.162 e. The minimum absolute atomic E-state index is 0.134. The molecule has 0 aliphatic rings. The van der Waals surface area contributed by atoms with Crippen LogP contribution in [0.5, 0.6) is 17.2 Å². The van der Waals surface area contributed by atoms with Gasteiger partial charge >= 0.3 is 0 Å². The zero-order chi connectivity index (χ0) is 21.3. The lowest BCUT2D eigenvalue weighted by Gasteiger charge is -2.15. The summed E-state index contributed by atoms with van der Waals surface area (Å²) in [6.45, 7) is 1.66. The third-order valence-electron chi connectivity index (χ3n) is 4.74. The standard InChI is InChI=1S/C24H25BrFNO3/c1-28-20-9-7-17(8-10-20)11-12-27-15-19-13-23(29-2)24(14-21(19)25)30-16-18-5-3-4-6-22(18)26/h3-10,13-14,27H,11-12,15-16H2,1-2H3. The molecule has 1 N–H and O–H groups in total. The summed E-state index contributed by atoms with van der Waals surface area (Å²) in [7, 11) is 3.26. The Hall–Kier alpha value is -2.57. The Labute approximate surface area is 185 Å². The highest BCUT2D eigenvalue weighted by Gasteiger charge is 2.11. The van der Waals surface area contributed by atoms with E-state index in [9.17, 15) is 4.39 Å². The summed E-state index contributed by atoms with van der Waals surface area (Å²) in [4.78, 5) is 0. The molecule has 0 aromatic heterocycles. The molecular weight excluding hydrogens is 449 g/mol. The van der Waals surface area contributed by atoms with E-state index in [1.807, 2.05) is 24.3 Å². The predicted octanol–water partition coefficient (Wildman–Crippen LogP) is 5.52. The van der Waals surface area contributed by atoms with Crippen LogP contribution in [0.4, 0.5) is 4.39 Å². The maximum absolute atomic E-state index is 13.8. The summed E-state index contributed by atoms with van der Waals surface area (Å²) in [5, 5.41) is 3.45. The Morgan fingerprint density at radius 1 is 0.900 bits per heavy atom. The summed E-state index contributed by atoms with van der Waals surface area (Å²) in [6.07, 6.45) is 0.919. The molecule has 158 valence electrons. The number of methoxy groups -OCH3 is 2. The monoisotopic (exact) mass is 473 g/mol. The van der Waals surface area contributed by atoms with E-state index in [4.69, 9.17) is 14.2 Å². The van der Waals surface area contributed by atoms with Gasteiger partial charge in [-0.05, 0) is 54.4 Å². The van der Waals surface area contributed by atoms with Crippen LogP contribution >= 0.6 is 15.9 Å². The molecule has 0 saturated heterocycles. The van der Waals surface area contributed by atoms with Gasteiger partial charge in [-0.1, -0.05) is 46.3 Å². The molecule has 3 aromatic rings. The van der Waals surface area contributed by atoms with Crippen molar-refractivity contribution in [2.24, 2.45) is 0 Å². The van der Waals surface area contributed by atoms with Gasteiger partial charge in [-0.25, -0.2) is 4.39 Å². The second-order valence-corrected chi connectivity index (χ2v) is 7.60. The largest absolute Gasteiger partial charge is 0.497 e. The van der Waals surface area contributed by atoms with Crippen molar-refractivity contribution in [1.82, 2.24) is 5.32 Å². The highest BCUT2D eigenvalue weighted by molar-refractivity contribution is 9.10. The van der Waals surface area contributed by atoms with Gasteiger partial charge in [0.15, 0.2) is 11.5 Å². The van der Waals surface area contributed by atoms with Crippen LogP contribution in [-0.2, 0) is 19.6 Å². The minimum atomic E-state index is -0.284. The van der Waals surface area contributed by atoms with Gasteiger partial charge in [0.2, 0.25) is 0 Å². The summed E-state index contributed by atoms with van der Waals surface area (Å²) in [5.41, 5.74) is 2.80. The third-order valence-corrected chi connectivity index (χ3v) is 5.48. The Bertz CT molecular complexity index is 963. The quantitative estimate of drug-likeness (QED) is 0.393. The third kappa shape index (κ3) is 5.97. The molecule has 0 saturated carbocycles.